The van der Waals surface area contributed by atoms with Crippen LogP contribution in [0.1, 0.15) is 16.7 Å². The first-order valence-corrected chi connectivity index (χ1v) is 6.94. The molecule has 2 heteroatoms. The van der Waals surface area contributed by atoms with E-state index >= 15 is 0 Å². The van der Waals surface area contributed by atoms with Crippen LogP contribution in [0, 0.1) is 0 Å². The predicted octanol–water partition coefficient (Wildman–Crippen LogP) is 3.09. The summed E-state index contributed by atoms with van der Waals surface area (Å²) in [5.74, 6) is 0. The number of thiocarbonyl (C=S) groups is 1. The third kappa shape index (κ3) is 2.24. The Morgan fingerprint density at radius 3 is 2.47 bits per heavy atom. The first kappa shape index (κ1) is 12.2. The number of hydrogen-bond donors (Lipinski definition) is 0. The van der Waals surface area contributed by atoms with E-state index in [1.54, 1.807) is 0 Å². The van der Waals surface area contributed by atoms with E-state index in [0.717, 1.165) is 23.4 Å². The van der Waals surface area contributed by atoms with Crippen LogP contribution in [0.5, 0.6) is 0 Å². The van der Waals surface area contributed by atoms with Crippen LogP contribution in [0.25, 0.3) is 0 Å². The van der Waals surface area contributed by atoms with E-state index in [1.165, 1.54) is 16.8 Å². The molecule has 0 N–H and O–H groups in total. The van der Waals surface area contributed by atoms with Crippen LogP contribution < -0.4 is 0 Å². The molecule has 0 saturated carbocycles. The Morgan fingerprint density at radius 2 is 1.68 bits per heavy atom. The average molecular weight is 266 g/mol. The van der Waals surface area contributed by atoms with E-state index in [9.17, 15) is 0 Å². The lowest BCUT2D eigenvalue weighted by molar-refractivity contribution is -0.496. The molecule has 19 heavy (non-hydrogen) atoms. The highest BCUT2D eigenvalue weighted by molar-refractivity contribution is 7.82. The van der Waals surface area contributed by atoms with Crippen molar-refractivity contribution < 1.29 is 4.58 Å². The van der Waals surface area contributed by atoms with Crippen molar-refractivity contribution in [1.29, 1.82) is 0 Å². The molecule has 2 aromatic carbocycles. The molecule has 1 aliphatic rings. The summed E-state index contributed by atoms with van der Waals surface area (Å²) in [5.41, 5.74) is 4.98. The van der Waals surface area contributed by atoms with Crippen molar-refractivity contribution in [2.24, 2.45) is 0 Å². The number of likely N-dealkylation sites (N-methyl/N-ethyl adjacent to an activating group) is 1. The summed E-state index contributed by atoms with van der Waals surface area (Å²) in [6.07, 6.45) is 1.09. The van der Waals surface area contributed by atoms with Gasteiger partial charge in [-0.25, -0.2) is 4.58 Å². The summed E-state index contributed by atoms with van der Waals surface area (Å²) in [7, 11) is 2.13. The van der Waals surface area contributed by atoms with E-state index in [2.05, 4.69) is 48.0 Å². The summed E-state index contributed by atoms with van der Waals surface area (Å²) in [6.45, 7) is 1.03. The van der Waals surface area contributed by atoms with Crippen LogP contribution in [0.2, 0.25) is 0 Å². The first-order valence-electron chi connectivity index (χ1n) is 6.53. The quantitative estimate of drug-likeness (QED) is 0.458. The summed E-state index contributed by atoms with van der Waals surface area (Å²) < 4.78 is 2.28. The number of hydrogen-bond acceptors (Lipinski definition) is 1. The molecule has 0 amide bonds. The lowest BCUT2D eigenvalue weighted by atomic mass is 9.93. The minimum atomic E-state index is 0.940. The fraction of sp³-hybridized carbons (Fsp3) is 0.176. The van der Waals surface area contributed by atoms with Crippen LogP contribution >= 0.6 is 12.2 Å². The molecule has 0 aromatic heterocycles. The second-order valence-corrected chi connectivity index (χ2v) is 5.28. The van der Waals surface area contributed by atoms with Gasteiger partial charge in [-0.05, 0) is 17.2 Å². The van der Waals surface area contributed by atoms with Gasteiger partial charge in [0.2, 0.25) is 5.71 Å². The topological polar surface area (TPSA) is 3.01 Å². The second-order valence-electron chi connectivity index (χ2n) is 4.87. The van der Waals surface area contributed by atoms with E-state index in [4.69, 9.17) is 12.2 Å². The molecule has 0 fully saturated rings. The maximum atomic E-state index is 5.72. The van der Waals surface area contributed by atoms with Crippen molar-refractivity contribution in [2.75, 3.05) is 13.6 Å². The SMILES string of the molecule is C[N+]1=C(C(=S)c2ccccc2)c2ccccc2CC1. The van der Waals surface area contributed by atoms with Gasteiger partial charge < -0.3 is 0 Å². The van der Waals surface area contributed by atoms with Crippen LogP contribution in [0.3, 0.4) is 0 Å². The third-order valence-electron chi connectivity index (χ3n) is 3.62. The first-order chi connectivity index (χ1) is 9.27. The van der Waals surface area contributed by atoms with Crippen molar-refractivity contribution in [3.8, 4) is 0 Å². The highest BCUT2D eigenvalue weighted by Gasteiger charge is 2.26. The van der Waals surface area contributed by atoms with Crippen LogP contribution in [0.4, 0.5) is 0 Å². The molecule has 1 nitrogen and oxygen atoms in total. The Bertz CT molecular complexity index is 656. The van der Waals surface area contributed by atoms with Gasteiger partial charge in [0.1, 0.15) is 18.5 Å². The van der Waals surface area contributed by atoms with Gasteiger partial charge in [-0.15, -0.1) is 0 Å². The lowest BCUT2D eigenvalue weighted by Gasteiger charge is -2.17. The molecule has 0 unspecified atom stereocenters. The molecule has 3 rings (SSSR count). The highest BCUT2D eigenvalue weighted by atomic mass is 32.1. The van der Waals surface area contributed by atoms with Crippen LogP contribution in [-0.2, 0) is 6.42 Å². The van der Waals surface area contributed by atoms with Gasteiger partial charge >= 0.3 is 0 Å². The largest absolute Gasteiger partial charge is 0.230 e. The van der Waals surface area contributed by atoms with Gasteiger partial charge in [0.25, 0.3) is 0 Å². The monoisotopic (exact) mass is 266 g/mol. The van der Waals surface area contributed by atoms with Gasteiger partial charge in [-0.2, -0.15) is 0 Å². The van der Waals surface area contributed by atoms with Crippen LogP contribution in [0.15, 0.2) is 54.6 Å². The summed E-state index contributed by atoms with van der Waals surface area (Å²) >= 11 is 5.72. The molecule has 0 bridgehead atoms. The zero-order valence-corrected chi connectivity index (χ0v) is 11.8. The van der Waals surface area contributed by atoms with E-state index in [1.807, 2.05) is 18.2 Å². The van der Waals surface area contributed by atoms with Crippen molar-refractivity contribution >= 4 is 22.8 Å². The Morgan fingerprint density at radius 1 is 1.00 bits per heavy atom. The molecule has 0 aliphatic carbocycles. The van der Waals surface area contributed by atoms with E-state index in [0.29, 0.717) is 0 Å². The van der Waals surface area contributed by atoms with Crippen molar-refractivity contribution in [2.45, 2.75) is 6.42 Å². The third-order valence-corrected chi connectivity index (χ3v) is 4.05. The normalized spacial score (nSPS) is 14.2. The predicted molar refractivity (Wildman–Crippen MR) is 83.4 cm³/mol. The molecule has 2 aromatic rings. The number of fused-ring (bicyclic) bond motifs is 1. The zero-order valence-electron chi connectivity index (χ0n) is 11.0. The minimum absolute atomic E-state index is 0.940. The van der Waals surface area contributed by atoms with Crippen molar-refractivity contribution in [3.05, 3.63) is 71.3 Å². The van der Waals surface area contributed by atoms with Crippen LogP contribution in [-0.4, -0.2) is 28.7 Å². The van der Waals surface area contributed by atoms with Gasteiger partial charge in [-0.1, -0.05) is 60.7 Å². The summed E-state index contributed by atoms with van der Waals surface area (Å²) in [6, 6.07) is 18.8. The Kier molecular flexibility index (Phi) is 3.26. The van der Waals surface area contributed by atoms with Gasteiger partial charge in [0, 0.05) is 6.42 Å². The number of nitrogens with zero attached hydrogens (tertiary/aromatic N) is 1. The Balaban J connectivity index is 2.11. The second kappa shape index (κ2) is 5.06. The molecule has 0 saturated heterocycles. The fourth-order valence-electron chi connectivity index (χ4n) is 2.60. The highest BCUT2D eigenvalue weighted by Crippen LogP contribution is 2.18. The molecular weight excluding hydrogens is 250 g/mol. The van der Waals surface area contributed by atoms with E-state index < -0.39 is 0 Å². The maximum Gasteiger partial charge on any atom is 0.226 e. The standard InChI is InChI=1S/C17H16NS/c1-18-12-11-13-7-5-6-10-15(13)16(18)17(19)14-8-3-2-4-9-14/h2-10H,11-12H2,1H3/q+1. The number of rotatable bonds is 2. The molecule has 94 valence electrons. The molecule has 1 aliphatic heterocycles. The van der Waals surface area contributed by atoms with E-state index in [-0.39, 0.29) is 0 Å². The number of benzene rings is 2. The summed E-state index contributed by atoms with van der Waals surface area (Å²) in [5, 5.41) is 0. The molecular formula is C17H16NS+. The van der Waals surface area contributed by atoms with Crippen molar-refractivity contribution in [1.82, 2.24) is 0 Å². The molecule has 1 heterocycles. The molecule has 0 radical (unpaired) electrons. The molecule has 0 spiro atoms. The smallest absolute Gasteiger partial charge is 0.226 e. The lowest BCUT2D eigenvalue weighted by Crippen LogP contribution is -2.32. The fourth-order valence-corrected chi connectivity index (χ4v) is 3.00. The van der Waals surface area contributed by atoms with Gasteiger partial charge in [0.15, 0.2) is 0 Å². The zero-order chi connectivity index (χ0) is 13.2. The van der Waals surface area contributed by atoms with Gasteiger partial charge in [0.05, 0.1) is 5.56 Å². The minimum Gasteiger partial charge on any atom is -0.230 e. The van der Waals surface area contributed by atoms with Gasteiger partial charge in [-0.3, -0.25) is 0 Å². The average Bonchev–Trinajstić information content (AvgIpc) is 2.47. The Hall–Kier alpha value is -1.80. The van der Waals surface area contributed by atoms with Crippen molar-refractivity contribution in [3.63, 3.8) is 0 Å². The maximum absolute atomic E-state index is 5.72. The molecule has 0 atom stereocenters. The Labute approximate surface area is 119 Å². The summed E-state index contributed by atoms with van der Waals surface area (Å²) in [4.78, 5) is 0.940.